The Labute approximate surface area is 214 Å². The highest BCUT2D eigenvalue weighted by Crippen LogP contribution is 2.38. The van der Waals surface area contributed by atoms with Gasteiger partial charge < -0.3 is 14.5 Å². The summed E-state index contributed by atoms with van der Waals surface area (Å²) >= 11 is 1.69. The summed E-state index contributed by atoms with van der Waals surface area (Å²) in [5, 5.41) is 13.3. The van der Waals surface area contributed by atoms with Gasteiger partial charge in [-0.15, -0.1) is 11.3 Å². The first-order valence-corrected chi connectivity index (χ1v) is 12.8. The fourth-order valence-electron chi connectivity index (χ4n) is 4.52. The zero-order chi connectivity index (χ0) is 25.7. The van der Waals surface area contributed by atoms with Crippen molar-refractivity contribution in [3.05, 3.63) is 91.7 Å². The standard InChI is InChI=1S/C27H29N3O5S/c1-3-4-14-28(27(32)20-6-5-7-21(17-20)30(33)34)18-25(31)29-15-12-24-23(13-16-36-24)26(29)19-8-10-22(35-2)11-9-19/h5-11,13,16-17,26H,3-4,12,14-15,18H2,1-2H3. The van der Waals surface area contributed by atoms with E-state index in [-0.39, 0.29) is 35.7 Å². The molecule has 2 aromatic carbocycles. The molecular weight excluding hydrogens is 478 g/mol. The third-order valence-corrected chi connectivity index (χ3v) is 7.41. The van der Waals surface area contributed by atoms with Crippen LogP contribution in [0, 0.1) is 10.1 Å². The molecule has 1 aliphatic heterocycles. The average Bonchev–Trinajstić information content (AvgIpc) is 3.39. The summed E-state index contributed by atoms with van der Waals surface area (Å²) in [4.78, 5) is 42.4. The van der Waals surface area contributed by atoms with Crippen LogP contribution in [0.2, 0.25) is 0 Å². The molecule has 2 amide bonds. The Kier molecular flexibility index (Phi) is 8.00. The van der Waals surface area contributed by atoms with Crippen molar-refractivity contribution < 1.29 is 19.2 Å². The number of hydrogen-bond acceptors (Lipinski definition) is 6. The van der Waals surface area contributed by atoms with Gasteiger partial charge in [-0.2, -0.15) is 0 Å². The number of ether oxygens (including phenoxy) is 1. The molecule has 0 bridgehead atoms. The van der Waals surface area contributed by atoms with E-state index in [2.05, 4.69) is 11.4 Å². The van der Waals surface area contributed by atoms with Crippen molar-refractivity contribution in [1.82, 2.24) is 9.80 Å². The maximum atomic E-state index is 13.7. The van der Waals surface area contributed by atoms with Crippen LogP contribution in [0.25, 0.3) is 0 Å². The van der Waals surface area contributed by atoms with Crippen LogP contribution in [0.1, 0.15) is 52.2 Å². The molecule has 0 saturated carbocycles. The molecule has 2 heterocycles. The van der Waals surface area contributed by atoms with Crippen molar-refractivity contribution in [2.45, 2.75) is 32.2 Å². The fourth-order valence-corrected chi connectivity index (χ4v) is 5.43. The lowest BCUT2D eigenvalue weighted by Gasteiger charge is -2.37. The second-order valence-electron chi connectivity index (χ2n) is 8.70. The number of benzene rings is 2. The molecule has 1 aromatic heterocycles. The number of rotatable bonds is 9. The maximum Gasteiger partial charge on any atom is 0.270 e. The van der Waals surface area contributed by atoms with Crippen LogP contribution in [0.5, 0.6) is 5.75 Å². The van der Waals surface area contributed by atoms with Crippen molar-refractivity contribution in [3.63, 3.8) is 0 Å². The summed E-state index contributed by atoms with van der Waals surface area (Å²) < 4.78 is 5.30. The lowest BCUT2D eigenvalue weighted by molar-refractivity contribution is -0.384. The Morgan fingerprint density at radius 2 is 1.97 bits per heavy atom. The zero-order valence-corrected chi connectivity index (χ0v) is 21.2. The predicted molar refractivity (Wildman–Crippen MR) is 138 cm³/mol. The van der Waals surface area contributed by atoms with Gasteiger partial charge in [0.2, 0.25) is 5.91 Å². The fraction of sp³-hybridized carbons (Fsp3) is 0.333. The Morgan fingerprint density at radius 1 is 1.19 bits per heavy atom. The molecule has 0 fully saturated rings. The minimum atomic E-state index is -0.524. The van der Waals surface area contributed by atoms with Crippen LogP contribution in [0.3, 0.4) is 0 Å². The molecule has 0 radical (unpaired) electrons. The Bertz CT molecular complexity index is 1240. The number of carbonyl (C=O) groups is 2. The minimum Gasteiger partial charge on any atom is -0.497 e. The van der Waals surface area contributed by atoms with Gasteiger partial charge >= 0.3 is 0 Å². The molecule has 3 aromatic rings. The van der Waals surface area contributed by atoms with E-state index in [9.17, 15) is 19.7 Å². The Balaban J connectivity index is 1.61. The molecule has 8 nitrogen and oxygen atoms in total. The van der Waals surface area contributed by atoms with E-state index in [1.807, 2.05) is 36.1 Å². The average molecular weight is 508 g/mol. The molecule has 0 spiro atoms. The summed E-state index contributed by atoms with van der Waals surface area (Å²) in [6, 6.07) is 15.2. The molecule has 0 saturated heterocycles. The van der Waals surface area contributed by atoms with E-state index in [1.165, 1.54) is 28.0 Å². The number of nitro groups is 1. The molecule has 0 N–H and O–H groups in total. The summed E-state index contributed by atoms with van der Waals surface area (Å²) in [5.41, 5.74) is 2.14. The van der Waals surface area contributed by atoms with Crippen molar-refractivity contribution in [3.8, 4) is 5.75 Å². The van der Waals surface area contributed by atoms with Crippen molar-refractivity contribution in [2.75, 3.05) is 26.7 Å². The van der Waals surface area contributed by atoms with E-state index < -0.39 is 4.92 Å². The summed E-state index contributed by atoms with van der Waals surface area (Å²) in [7, 11) is 1.62. The van der Waals surface area contributed by atoms with E-state index in [0.29, 0.717) is 13.1 Å². The molecule has 188 valence electrons. The highest BCUT2D eigenvalue weighted by Gasteiger charge is 2.34. The smallest absolute Gasteiger partial charge is 0.270 e. The third-order valence-electron chi connectivity index (χ3n) is 6.42. The van der Waals surface area contributed by atoms with Gasteiger partial charge in [0.05, 0.1) is 18.1 Å². The monoisotopic (exact) mass is 507 g/mol. The normalized spacial score (nSPS) is 14.7. The molecule has 1 aliphatic rings. The lowest BCUT2D eigenvalue weighted by atomic mass is 9.93. The van der Waals surface area contributed by atoms with E-state index in [0.717, 1.165) is 36.1 Å². The summed E-state index contributed by atoms with van der Waals surface area (Å²) in [5.74, 6) is 0.212. The van der Waals surface area contributed by atoms with Crippen LogP contribution in [0.4, 0.5) is 5.69 Å². The SMILES string of the molecule is CCCCN(CC(=O)N1CCc2sccc2C1c1ccc(OC)cc1)C(=O)c1cccc([N+](=O)[O-])c1. The molecule has 1 unspecified atom stereocenters. The zero-order valence-electron chi connectivity index (χ0n) is 20.4. The quantitative estimate of drug-likeness (QED) is 0.297. The number of carbonyl (C=O) groups excluding carboxylic acids is 2. The van der Waals surface area contributed by atoms with Crippen molar-refractivity contribution in [2.24, 2.45) is 0 Å². The molecule has 1 atom stereocenters. The van der Waals surface area contributed by atoms with Gasteiger partial charge in [-0.3, -0.25) is 19.7 Å². The third kappa shape index (κ3) is 5.41. The van der Waals surface area contributed by atoms with Crippen LogP contribution in [-0.4, -0.2) is 53.3 Å². The Hall–Kier alpha value is -3.72. The summed E-state index contributed by atoms with van der Waals surface area (Å²) in [6.45, 7) is 2.87. The topological polar surface area (TPSA) is 93.0 Å². The van der Waals surface area contributed by atoms with Crippen LogP contribution < -0.4 is 4.74 Å². The number of non-ortho nitro benzene ring substituents is 1. The van der Waals surface area contributed by atoms with E-state index >= 15 is 0 Å². The van der Waals surface area contributed by atoms with Gasteiger partial charge in [-0.25, -0.2) is 0 Å². The van der Waals surface area contributed by atoms with Gasteiger partial charge in [0.25, 0.3) is 11.6 Å². The van der Waals surface area contributed by atoms with Gasteiger partial charge in [0.1, 0.15) is 12.3 Å². The van der Waals surface area contributed by atoms with E-state index in [1.54, 1.807) is 24.5 Å². The number of nitro benzene ring substituents is 1. The number of methoxy groups -OCH3 is 1. The summed E-state index contributed by atoms with van der Waals surface area (Å²) in [6.07, 6.45) is 2.34. The predicted octanol–water partition coefficient (Wildman–Crippen LogP) is 5.08. The number of thiophene rings is 1. The van der Waals surface area contributed by atoms with Gasteiger partial charge in [-0.05, 0) is 53.6 Å². The number of unbranched alkanes of at least 4 members (excludes halogenated alkanes) is 1. The van der Waals surface area contributed by atoms with Crippen LogP contribution in [-0.2, 0) is 11.2 Å². The van der Waals surface area contributed by atoms with Crippen molar-refractivity contribution >= 4 is 28.8 Å². The first-order chi connectivity index (χ1) is 17.4. The highest BCUT2D eigenvalue weighted by molar-refractivity contribution is 7.10. The second-order valence-corrected chi connectivity index (χ2v) is 9.70. The minimum absolute atomic E-state index is 0.0896. The molecule has 4 rings (SSSR count). The van der Waals surface area contributed by atoms with Crippen molar-refractivity contribution in [1.29, 1.82) is 0 Å². The molecule has 0 aliphatic carbocycles. The molecule has 36 heavy (non-hydrogen) atoms. The second kappa shape index (κ2) is 11.3. The van der Waals surface area contributed by atoms with Gasteiger partial charge in [-0.1, -0.05) is 31.5 Å². The number of amides is 2. The number of hydrogen-bond donors (Lipinski definition) is 0. The first-order valence-electron chi connectivity index (χ1n) is 12.0. The first kappa shape index (κ1) is 25.4. The lowest BCUT2D eigenvalue weighted by Crippen LogP contribution is -2.47. The van der Waals surface area contributed by atoms with Gasteiger partial charge in [0, 0.05) is 35.7 Å². The number of nitrogens with zero attached hydrogens (tertiary/aromatic N) is 3. The molecular formula is C27H29N3O5S. The number of fused-ring (bicyclic) bond motifs is 1. The van der Waals surface area contributed by atoms with Crippen LogP contribution >= 0.6 is 11.3 Å². The maximum absolute atomic E-state index is 13.7. The molecule has 9 heteroatoms. The van der Waals surface area contributed by atoms with Gasteiger partial charge in [0.15, 0.2) is 0 Å². The van der Waals surface area contributed by atoms with Crippen LogP contribution in [0.15, 0.2) is 60.0 Å². The Morgan fingerprint density at radius 3 is 2.67 bits per heavy atom. The van der Waals surface area contributed by atoms with E-state index in [4.69, 9.17) is 4.74 Å². The highest BCUT2D eigenvalue weighted by atomic mass is 32.1. The largest absolute Gasteiger partial charge is 0.497 e.